The van der Waals surface area contributed by atoms with Crippen LogP contribution >= 0.6 is 11.6 Å². The Bertz CT molecular complexity index is 557. The second kappa shape index (κ2) is 7.07. The molecule has 20 heavy (non-hydrogen) atoms. The molecule has 2 aromatic rings. The van der Waals surface area contributed by atoms with E-state index < -0.39 is 0 Å². The Balaban J connectivity index is 2.04. The van der Waals surface area contributed by atoms with E-state index in [4.69, 9.17) is 16.7 Å². The molecule has 1 amide bonds. The van der Waals surface area contributed by atoms with Gasteiger partial charge >= 0.3 is 0 Å². The van der Waals surface area contributed by atoms with Crippen molar-refractivity contribution < 1.29 is 9.90 Å². The zero-order valence-corrected chi connectivity index (χ0v) is 11.7. The van der Waals surface area contributed by atoms with Crippen molar-refractivity contribution in [1.82, 2.24) is 14.5 Å². The molecule has 1 N–H and O–H groups in total. The van der Waals surface area contributed by atoms with E-state index in [1.54, 1.807) is 21.9 Å². The van der Waals surface area contributed by atoms with Gasteiger partial charge < -0.3 is 14.6 Å². The number of amides is 1. The van der Waals surface area contributed by atoms with Gasteiger partial charge in [0, 0.05) is 25.5 Å². The Labute approximate surface area is 122 Å². The Morgan fingerprint density at radius 3 is 2.70 bits per heavy atom. The van der Waals surface area contributed by atoms with Crippen molar-refractivity contribution in [3.63, 3.8) is 0 Å². The van der Waals surface area contributed by atoms with Gasteiger partial charge in [-0.05, 0) is 17.2 Å². The van der Waals surface area contributed by atoms with E-state index in [1.807, 2.05) is 30.3 Å². The van der Waals surface area contributed by atoms with Crippen LogP contribution in [0.1, 0.15) is 5.56 Å². The molecule has 0 fully saturated rings. The number of hydrogen-bond donors (Lipinski definition) is 1. The first-order valence-corrected chi connectivity index (χ1v) is 6.67. The first-order chi connectivity index (χ1) is 9.70. The third-order valence-corrected chi connectivity index (χ3v) is 3.22. The fraction of sp³-hybridized carbons (Fsp3) is 0.286. The van der Waals surface area contributed by atoms with Crippen molar-refractivity contribution in [2.75, 3.05) is 13.2 Å². The second-order valence-electron chi connectivity index (χ2n) is 4.35. The van der Waals surface area contributed by atoms with E-state index in [2.05, 4.69) is 4.98 Å². The van der Waals surface area contributed by atoms with Gasteiger partial charge in [0.2, 0.25) is 11.2 Å². The van der Waals surface area contributed by atoms with Crippen LogP contribution in [0.5, 0.6) is 0 Å². The van der Waals surface area contributed by atoms with E-state index in [0.29, 0.717) is 13.1 Å². The predicted octanol–water partition coefficient (Wildman–Crippen LogP) is 1.56. The number of rotatable bonds is 6. The van der Waals surface area contributed by atoms with Crippen molar-refractivity contribution in [3.05, 3.63) is 53.6 Å². The van der Waals surface area contributed by atoms with Crippen LogP contribution in [0.25, 0.3) is 0 Å². The van der Waals surface area contributed by atoms with Gasteiger partial charge in [0.1, 0.15) is 6.54 Å². The average molecular weight is 294 g/mol. The van der Waals surface area contributed by atoms with Crippen molar-refractivity contribution in [3.8, 4) is 0 Å². The quantitative estimate of drug-likeness (QED) is 0.879. The fourth-order valence-electron chi connectivity index (χ4n) is 1.89. The molecule has 0 radical (unpaired) electrons. The number of aliphatic hydroxyl groups excluding tert-OH is 1. The zero-order chi connectivity index (χ0) is 14.4. The molecular weight excluding hydrogens is 278 g/mol. The highest BCUT2D eigenvalue weighted by atomic mass is 35.5. The number of benzene rings is 1. The minimum Gasteiger partial charge on any atom is -0.395 e. The number of carbonyl (C=O) groups excluding carboxylic acids is 1. The summed E-state index contributed by atoms with van der Waals surface area (Å²) in [5.74, 6) is -0.109. The summed E-state index contributed by atoms with van der Waals surface area (Å²) in [5, 5.41) is 9.38. The molecule has 106 valence electrons. The van der Waals surface area contributed by atoms with Gasteiger partial charge in [-0.3, -0.25) is 4.79 Å². The number of hydrogen-bond acceptors (Lipinski definition) is 3. The smallest absolute Gasteiger partial charge is 0.242 e. The fourth-order valence-corrected chi connectivity index (χ4v) is 2.06. The van der Waals surface area contributed by atoms with Crippen LogP contribution in [0.15, 0.2) is 42.7 Å². The van der Waals surface area contributed by atoms with Crippen LogP contribution in [0, 0.1) is 0 Å². The summed E-state index contributed by atoms with van der Waals surface area (Å²) >= 11 is 5.86. The summed E-state index contributed by atoms with van der Waals surface area (Å²) in [5.41, 5.74) is 1.02. The third-order valence-electron chi connectivity index (χ3n) is 2.91. The molecule has 0 bridgehead atoms. The Morgan fingerprint density at radius 2 is 2.10 bits per heavy atom. The minimum absolute atomic E-state index is 0.0732. The van der Waals surface area contributed by atoms with E-state index in [0.717, 1.165) is 5.56 Å². The topological polar surface area (TPSA) is 58.4 Å². The SMILES string of the molecule is O=C(Cn1ccnc1Cl)N(CCO)Cc1ccccc1. The predicted molar refractivity (Wildman–Crippen MR) is 76.2 cm³/mol. The van der Waals surface area contributed by atoms with Crippen LogP contribution in [-0.2, 0) is 17.9 Å². The van der Waals surface area contributed by atoms with Crippen molar-refractivity contribution in [1.29, 1.82) is 0 Å². The lowest BCUT2D eigenvalue weighted by Crippen LogP contribution is -2.35. The van der Waals surface area contributed by atoms with Gasteiger partial charge in [-0.2, -0.15) is 0 Å². The van der Waals surface area contributed by atoms with Crippen LogP contribution in [-0.4, -0.2) is 38.6 Å². The summed E-state index contributed by atoms with van der Waals surface area (Å²) in [7, 11) is 0. The molecule has 5 nitrogen and oxygen atoms in total. The molecule has 1 heterocycles. The lowest BCUT2D eigenvalue weighted by atomic mass is 10.2. The Morgan fingerprint density at radius 1 is 1.35 bits per heavy atom. The van der Waals surface area contributed by atoms with E-state index in [9.17, 15) is 4.79 Å². The molecule has 1 aromatic carbocycles. The molecule has 2 rings (SSSR count). The van der Waals surface area contributed by atoms with Crippen LogP contribution < -0.4 is 0 Å². The lowest BCUT2D eigenvalue weighted by Gasteiger charge is -2.22. The molecule has 0 aliphatic carbocycles. The maximum atomic E-state index is 12.3. The summed E-state index contributed by atoms with van der Waals surface area (Å²) in [6.07, 6.45) is 3.20. The maximum Gasteiger partial charge on any atom is 0.242 e. The number of aliphatic hydroxyl groups is 1. The molecule has 0 unspecified atom stereocenters. The molecule has 6 heteroatoms. The largest absolute Gasteiger partial charge is 0.395 e. The van der Waals surface area contributed by atoms with E-state index in [1.165, 1.54) is 0 Å². The molecule has 0 aliphatic heterocycles. The maximum absolute atomic E-state index is 12.3. The monoisotopic (exact) mass is 293 g/mol. The highest BCUT2D eigenvalue weighted by molar-refractivity contribution is 6.28. The Hall–Kier alpha value is -1.85. The number of nitrogens with zero attached hydrogens (tertiary/aromatic N) is 3. The van der Waals surface area contributed by atoms with Crippen LogP contribution in [0.4, 0.5) is 0 Å². The summed E-state index contributed by atoms with van der Waals surface area (Å²) in [6, 6.07) is 9.66. The molecule has 0 saturated carbocycles. The third kappa shape index (κ3) is 3.82. The first kappa shape index (κ1) is 14.6. The standard InChI is InChI=1S/C14H16ClN3O2/c15-14-16-6-7-18(14)11-13(20)17(8-9-19)10-12-4-2-1-3-5-12/h1-7,19H,8-11H2. The highest BCUT2D eigenvalue weighted by Crippen LogP contribution is 2.08. The van der Waals surface area contributed by atoms with Gasteiger partial charge in [0.05, 0.1) is 6.61 Å². The summed E-state index contributed by atoms with van der Waals surface area (Å²) in [4.78, 5) is 17.7. The number of imidazole rings is 1. The number of halogens is 1. The van der Waals surface area contributed by atoms with Gasteiger partial charge in [-0.25, -0.2) is 4.98 Å². The molecule has 0 saturated heterocycles. The first-order valence-electron chi connectivity index (χ1n) is 6.30. The zero-order valence-electron chi connectivity index (χ0n) is 10.9. The minimum atomic E-state index is -0.109. The molecule has 0 atom stereocenters. The summed E-state index contributed by atoms with van der Waals surface area (Å²) < 4.78 is 1.57. The number of aromatic nitrogens is 2. The van der Waals surface area contributed by atoms with Crippen LogP contribution in [0.2, 0.25) is 5.28 Å². The van der Waals surface area contributed by atoms with Gasteiger partial charge in [0.25, 0.3) is 0 Å². The van der Waals surface area contributed by atoms with Crippen molar-refractivity contribution in [2.24, 2.45) is 0 Å². The average Bonchev–Trinajstić information content (AvgIpc) is 2.85. The van der Waals surface area contributed by atoms with E-state index in [-0.39, 0.29) is 24.3 Å². The van der Waals surface area contributed by atoms with Gasteiger partial charge in [-0.15, -0.1) is 0 Å². The van der Waals surface area contributed by atoms with Crippen molar-refractivity contribution in [2.45, 2.75) is 13.1 Å². The number of carbonyl (C=O) groups is 1. The van der Waals surface area contributed by atoms with Crippen LogP contribution in [0.3, 0.4) is 0 Å². The Kier molecular flexibility index (Phi) is 5.15. The highest BCUT2D eigenvalue weighted by Gasteiger charge is 2.15. The normalized spacial score (nSPS) is 10.5. The summed E-state index contributed by atoms with van der Waals surface area (Å²) in [6.45, 7) is 0.800. The van der Waals surface area contributed by atoms with Gasteiger partial charge in [0.15, 0.2) is 0 Å². The second-order valence-corrected chi connectivity index (χ2v) is 4.69. The van der Waals surface area contributed by atoms with E-state index >= 15 is 0 Å². The molecule has 0 spiro atoms. The van der Waals surface area contributed by atoms with Crippen molar-refractivity contribution >= 4 is 17.5 Å². The molecule has 1 aromatic heterocycles. The lowest BCUT2D eigenvalue weighted by molar-refractivity contribution is -0.133. The van der Waals surface area contributed by atoms with Gasteiger partial charge in [-0.1, -0.05) is 30.3 Å². The molecule has 0 aliphatic rings. The molecular formula is C14H16ClN3O2.